The molecule has 0 aliphatic carbocycles. The van der Waals surface area contributed by atoms with Crippen LogP contribution in [0.2, 0.25) is 5.02 Å². The number of hydrogen-bond acceptors (Lipinski definition) is 3. The van der Waals surface area contributed by atoms with Crippen LogP contribution in [0.15, 0.2) is 42.7 Å². The molecule has 0 spiro atoms. The molecule has 0 saturated heterocycles. The maximum Gasteiger partial charge on any atom is 0.336 e. The first kappa shape index (κ1) is 13.5. The zero-order valence-electron chi connectivity index (χ0n) is 11.2. The highest BCUT2D eigenvalue weighted by atomic mass is 35.5. The lowest BCUT2D eigenvalue weighted by Gasteiger charge is -2.10. The van der Waals surface area contributed by atoms with Gasteiger partial charge in [-0.25, -0.2) is 9.78 Å². The zero-order chi connectivity index (χ0) is 15.0. The lowest BCUT2D eigenvalue weighted by molar-refractivity contribution is 0.0699. The lowest BCUT2D eigenvalue weighted by atomic mass is 10.0. The third-order valence-corrected chi connectivity index (χ3v) is 3.78. The van der Waals surface area contributed by atoms with Gasteiger partial charge >= 0.3 is 5.97 Å². The Hall–Kier alpha value is -2.46. The van der Waals surface area contributed by atoms with Gasteiger partial charge in [0, 0.05) is 28.4 Å². The summed E-state index contributed by atoms with van der Waals surface area (Å²) in [5.74, 6) is -0.987. The van der Waals surface area contributed by atoms with Gasteiger partial charge in [-0.3, -0.25) is 4.98 Å². The second-order valence-electron chi connectivity index (χ2n) is 4.66. The van der Waals surface area contributed by atoms with Crippen LogP contribution < -0.4 is 0 Å². The van der Waals surface area contributed by atoms with Crippen molar-refractivity contribution in [1.29, 1.82) is 0 Å². The fourth-order valence-corrected chi connectivity index (χ4v) is 2.40. The highest BCUT2D eigenvalue weighted by Crippen LogP contribution is 2.29. The minimum Gasteiger partial charge on any atom is -0.478 e. The van der Waals surface area contributed by atoms with Crippen molar-refractivity contribution in [2.45, 2.75) is 6.92 Å². The second kappa shape index (κ2) is 5.14. The smallest absolute Gasteiger partial charge is 0.336 e. The Morgan fingerprint density at radius 1 is 1.19 bits per heavy atom. The third kappa shape index (κ3) is 2.34. The average molecular weight is 299 g/mol. The molecule has 21 heavy (non-hydrogen) atoms. The van der Waals surface area contributed by atoms with Gasteiger partial charge in [0.1, 0.15) is 0 Å². The van der Waals surface area contributed by atoms with E-state index in [4.69, 9.17) is 11.6 Å². The van der Waals surface area contributed by atoms with Gasteiger partial charge in [-0.15, -0.1) is 0 Å². The number of pyridine rings is 2. The van der Waals surface area contributed by atoms with Gasteiger partial charge in [-0.1, -0.05) is 17.7 Å². The van der Waals surface area contributed by atoms with Gasteiger partial charge < -0.3 is 5.11 Å². The molecule has 5 heteroatoms. The number of aryl methyl sites for hydroxylation is 1. The first-order chi connectivity index (χ1) is 10.1. The van der Waals surface area contributed by atoms with E-state index in [1.54, 1.807) is 42.7 Å². The number of nitrogens with zero attached hydrogens (tertiary/aromatic N) is 2. The SMILES string of the molecule is Cc1c(Cl)ccc2c(C(=O)O)cc(-c3ccncc3)nc12. The molecule has 0 aliphatic heterocycles. The van der Waals surface area contributed by atoms with Crippen LogP contribution in [-0.2, 0) is 0 Å². The fourth-order valence-electron chi connectivity index (χ4n) is 2.25. The Bertz CT molecular complexity index is 848. The van der Waals surface area contributed by atoms with Gasteiger partial charge in [-0.05, 0) is 36.8 Å². The van der Waals surface area contributed by atoms with E-state index < -0.39 is 5.97 Å². The Balaban J connectivity index is 2.39. The van der Waals surface area contributed by atoms with Crippen LogP contribution in [0.1, 0.15) is 15.9 Å². The maximum atomic E-state index is 11.5. The number of hydrogen-bond donors (Lipinski definition) is 1. The van der Waals surface area contributed by atoms with Gasteiger partial charge in [0.15, 0.2) is 0 Å². The van der Waals surface area contributed by atoms with E-state index in [1.807, 2.05) is 6.92 Å². The molecule has 0 unspecified atom stereocenters. The molecule has 104 valence electrons. The van der Waals surface area contributed by atoms with Crippen LogP contribution in [0.3, 0.4) is 0 Å². The Labute approximate surface area is 126 Å². The van der Waals surface area contributed by atoms with Crippen molar-refractivity contribution < 1.29 is 9.90 Å². The fraction of sp³-hybridized carbons (Fsp3) is 0.0625. The van der Waals surface area contributed by atoms with Gasteiger partial charge in [0.05, 0.1) is 16.8 Å². The quantitative estimate of drug-likeness (QED) is 0.778. The van der Waals surface area contributed by atoms with Crippen molar-refractivity contribution in [2.24, 2.45) is 0 Å². The predicted octanol–water partition coefficient (Wildman–Crippen LogP) is 3.96. The first-order valence-electron chi connectivity index (χ1n) is 6.31. The maximum absolute atomic E-state index is 11.5. The molecule has 3 aromatic rings. The van der Waals surface area contributed by atoms with Crippen LogP contribution in [0.5, 0.6) is 0 Å². The molecule has 0 fully saturated rings. The van der Waals surface area contributed by atoms with Crippen LogP contribution >= 0.6 is 11.6 Å². The summed E-state index contributed by atoms with van der Waals surface area (Å²) in [6.45, 7) is 1.83. The summed E-state index contributed by atoms with van der Waals surface area (Å²) in [7, 11) is 0. The molecule has 3 rings (SSSR count). The molecule has 0 aliphatic rings. The van der Waals surface area contributed by atoms with Crippen LogP contribution in [-0.4, -0.2) is 21.0 Å². The molecule has 0 saturated carbocycles. The summed E-state index contributed by atoms with van der Waals surface area (Å²) >= 11 is 6.12. The Morgan fingerprint density at radius 2 is 1.90 bits per heavy atom. The molecule has 2 heterocycles. The Kier molecular flexibility index (Phi) is 3.31. The largest absolute Gasteiger partial charge is 0.478 e. The van der Waals surface area contributed by atoms with E-state index >= 15 is 0 Å². The summed E-state index contributed by atoms with van der Waals surface area (Å²) in [5.41, 5.74) is 3.00. The van der Waals surface area contributed by atoms with E-state index in [2.05, 4.69) is 9.97 Å². The zero-order valence-corrected chi connectivity index (χ0v) is 11.9. The highest BCUT2D eigenvalue weighted by molar-refractivity contribution is 6.32. The molecule has 0 amide bonds. The number of aromatic nitrogens is 2. The summed E-state index contributed by atoms with van der Waals surface area (Å²) in [4.78, 5) is 20.1. The van der Waals surface area contributed by atoms with Crippen molar-refractivity contribution in [3.8, 4) is 11.3 Å². The minimum absolute atomic E-state index is 0.214. The van der Waals surface area contributed by atoms with Gasteiger partial charge in [-0.2, -0.15) is 0 Å². The standard InChI is InChI=1S/C16H11ClN2O2/c1-9-13(17)3-2-11-12(16(20)21)8-14(19-15(9)11)10-4-6-18-7-5-10/h2-8H,1H3,(H,20,21). The summed E-state index contributed by atoms with van der Waals surface area (Å²) < 4.78 is 0. The van der Waals surface area contributed by atoms with Crippen LogP contribution in [0.25, 0.3) is 22.2 Å². The third-order valence-electron chi connectivity index (χ3n) is 3.37. The number of halogens is 1. The summed E-state index contributed by atoms with van der Waals surface area (Å²) in [6.07, 6.45) is 3.29. The molecule has 0 radical (unpaired) electrons. The average Bonchev–Trinajstić information content (AvgIpc) is 2.51. The predicted molar refractivity (Wildman–Crippen MR) is 81.7 cm³/mol. The minimum atomic E-state index is -0.987. The lowest BCUT2D eigenvalue weighted by Crippen LogP contribution is -2.01. The second-order valence-corrected chi connectivity index (χ2v) is 5.07. The van der Waals surface area contributed by atoms with Gasteiger partial charge in [0.2, 0.25) is 0 Å². The summed E-state index contributed by atoms with van der Waals surface area (Å²) in [5, 5.41) is 10.6. The van der Waals surface area contributed by atoms with Crippen molar-refractivity contribution >= 4 is 28.5 Å². The van der Waals surface area contributed by atoms with Crippen molar-refractivity contribution in [1.82, 2.24) is 9.97 Å². The van der Waals surface area contributed by atoms with Crippen LogP contribution in [0.4, 0.5) is 0 Å². The normalized spacial score (nSPS) is 10.8. The first-order valence-corrected chi connectivity index (χ1v) is 6.69. The molecular formula is C16H11ClN2O2. The number of benzene rings is 1. The summed E-state index contributed by atoms with van der Waals surface area (Å²) in [6, 6.07) is 8.55. The monoisotopic (exact) mass is 298 g/mol. The molecular weight excluding hydrogens is 288 g/mol. The molecule has 0 atom stereocenters. The number of carbonyl (C=O) groups is 1. The topological polar surface area (TPSA) is 63.1 Å². The molecule has 2 aromatic heterocycles. The van der Waals surface area contributed by atoms with E-state index in [1.165, 1.54) is 0 Å². The van der Waals surface area contributed by atoms with E-state index in [0.717, 1.165) is 11.1 Å². The van der Waals surface area contributed by atoms with E-state index in [9.17, 15) is 9.90 Å². The number of carboxylic acids is 1. The van der Waals surface area contributed by atoms with Crippen molar-refractivity contribution in [3.63, 3.8) is 0 Å². The molecule has 4 nitrogen and oxygen atoms in total. The molecule has 0 bridgehead atoms. The number of fused-ring (bicyclic) bond motifs is 1. The van der Waals surface area contributed by atoms with Gasteiger partial charge in [0.25, 0.3) is 0 Å². The van der Waals surface area contributed by atoms with E-state index in [0.29, 0.717) is 21.6 Å². The van der Waals surface area contributed by atoms with Crippen LogP contribution in [0, 0.1) is 6.92 Å². The number of carboxylic acid groups (broad SMARTS) is 1. The van der Waals surface area contributed by atoms with Crippen molar-refractivity contribution in [3.05, 3.63) is 58.9 Å². The Morgan fingerprint density at radius 3 is 2.57 bits per heavy atom. The molecule has 1 aromatic carbocycles. The van der Waals surface area contributed by atoms with E-state index in [-0.39, 0.29) is 5.56 Å². The van der Waals surface area contributed by atoms with Crippen molar-refractivity contribution in [2.75, 3.05) is 0 Å². The molecule has 1 N–H and O–H groups in total. The highest BCUT2D eigenvalue weighted by Gasteiger charge is 2.15. The number of rotatable bonds is 2. The number of aromatic carboxylic acids is 1.